The normalized spacial score (nSPS) is 17.2. The molecule has 21 heavy (non-hydrogen) atoms. The second kappa shape index (κ2) is 5.09. The van der Waals surface area contributed by atoms with Crippen LogP contribution in [0.3, 0.4) is 0 Å². The Morgan fingerprint density at radius 1 is 1.43 bits per heavy atom. The van der Waals surface area contributed by atoms with Gasteiger partial charge in [0.15, 0.2) is 12.0 Å². The maximum atomic E-state index is 14.4. The van der Waals surface area contributed by atoms with E-state index in [4.69, 9.17) is 11.6 Å². The van der Waals surface area contributed by atoms with E-state index < -0.39 is 18.0 Å². The SMILES string of the molecule is CCc1nc(Cl)cc(N2C(=O)c3ccccc3C2O)c1F. The van der Waals surface area contributed by atoms with Crippen molar-refractivity contribution in [2.75, 3.05) is 4.90 Å². The molecule has 1 aliphatic rings. The van der Waals surface area contributed by atoms with Gasteiger partial charge in [-0.1, -0.05) is 36.7 Å². The molecular weight excluding hydrogens is 295 g/mol. The van der Waals surface area contributed by atoms with Gasteiger partial charge in [0.05, 0.1) is 11.4 Å². The number of carbonyl (C=O) groups excluding carboxylic acids is 1. The molecule has 4 nitrogen and oxygen atoms in total. The first kappa shape index (κ1) is 14.0. The maximum Gasteiger partial charge on any atom is 0.261 e. The average Bonchev–Trinajstić information content (AvgIpc) is 2.74. The molecule has 0 spiro atoms. The maximum absolute atomic E-state index is 14.4. The summed E-state index contributed by atoms with van der Waals surface area (Å²) in [6.45, 7) is 1.74. The second-order valence-electron chi connectivity index (χ2n) is 4.71. The first-order valence-corrected chi connectivity index (χ1v) is 6.87. The van der Waals surface area contributed by atoms with E-state index in [-0.39, 0.29) is 16.5 Å². The molecule has 0 saturated carbocycles. The van der Waals surface area contributed by atoms with Crippen LogP contribution < -0.4 is 4.90 Å². The zero-order valence-corrected chi connectivity index (χ0v) is 11.9. The highest BCUT2D eigenvalue weighted by Crippen LogP contribution is 2.38. The standard InChI is InChI=1S/C15H12ClFN2O2/c1-2-10-13(17)11(7-12(16)18-10)19-14(20)8-5-3-4-6-9(8)15(19)21/h3-7,14,20H,2H2,1H3. The predicted molar refractivity (Wildman–Crippen MR) is 76.8 cm³/mol. The molecule has 2 aromatic rings. The van der Waals surface area contributed by atoms with Gasteiger partial charge in [0.2, 0.25) is 0 Å². The number of benzene rings is 1. The van der Waals surface area contributed by atoms with Crippen LogP contribution in [-0.4, -0.2) is 16.0 Å². The number of halogens is 2. The Morgan fingerprint density at radius 3 is 2.81 bits per heavy atom. The van der Waals surface area contributed by atoms with Crippen LogP contribution in [0.4, 0.5) is 10.1 Å². The van der Waals surface area contributed by atoms with Crippen molar-refractivity contribution < 1.29 is 14.3 Å². The molecule has 1 aromatic heterocycles. The highest BCUT2D eigenvalue weighted by molar-refractivity contribution is 6.29. The van der Waals surface area contributed by atoms with Crippen LogP contribution in [0, 0.1) is 5.82 Å². The third-order valence-electron chi connectivity index (χ3n) is 3.50. The third-order valence-corrected chi connectivity index (χ3v) is 3.70. The van der Waals surface area contributed by atoms with E-state index in [9.17, 15) is 14.3 Å². The van der Waals surface area contributed by atoms with Crippen molar-refractivity contribution in [3.05, 3.63) is 58.1 Å². The number of pyridine rings is 1. The summed E-state index contributed by atoms with van der Waals surface area (Å²) in [5, 5.41) is 10.4. The smallest absolute Gasteiger partial charge is 0.261 e. The highest BCUT2D eigenvalue weighted by atomic mass is 35.5. The Labute approximate surface area is 125 Å². The molecule has 0 fully saturated rings. The van der Waals surface area contributed by atoms with E-state index in [2.05, 4.69) is 4.98 Å². The van der Waals surface area contributed by atoms with Gasteiger partial charge in [-0.15, -0.1) is 0 Å². The number of aryl methyl sites for hydroxylation is 1. The predicted octanol–water partition coefficient (Wildman–Crippen LogP) is 3.09. The lowest BCUT2D eigenvalue weighted by Crippen LogP contribution is -2.29. The van der Waals surface area contributed by atoms with Gasteiger partial charge in [-0.3, -0.25) is 9.69 Å². The molecule has 1 aromatic carbocycles. The molecule has 6 heteroatoms. The third kappa shape index (κ3) is 2.09. The molecule has 1 N–H and O–H groups in total. The largest absolute Gasteiger partial charge is 0.369 e. The van der Waals surface area contributed by atoms with Crippen molar-refractivity contribution in [3.63, 3.8) is 0 Å². The number of fused-ring (bicyclic) bond motifs is 1. The molecule has 1 amide bonds. The van der Waals surface area contributed by atoms with E-state index in [1.54, 1.807) is 31.2 Å². The van der Waals surface area contributed by atoms with Crippen LogP contribution in [-0.2, 0) is 6.42 Å². The van der Waals surface area contributed by atoms with Crippen molar-refractivity contribution in [1.82, 2.24) is 4.98 Å². The fraction of sp³-hybridized carbons (Fsp3) is 0.200. The summed E-state index contributed by atoms with van der Waals surface area (Å²) >= 11 is 5.89. The molecule has 0 bridgehead atoms. The Balaban J connectivity index is 2.15. The Morgan fingerprint density at radius 2 is 2.14 bits per heavy atom. The summed E-state index contributed by atoms with van der Waals surface area (Å²) in [4.78, 5) is 17.3. The van der Waals surface area contributed by atoms with E-state index in [1.807, 2.05) is 0 Å². The summed E-state index contributed by atoms with van der Waals surface area (Å²) in [5.41, 5.74) is 0.914. The Kier molecular flexibility index (Phi) is 3.39. The van der Waals surface area contributed by atoms with Crippen LogP contribution in [0.5, 0.6) is 0 Å². The second-order valence-corrected chi connectivity index (χ2v) is 5.10. The van der Waals surface area contributed by atoms with Gasteiger partial charge in [-0.2, -0.15) is 0 Å². The quantitative estimate of drug-likeness (QED) is 0.868. The van der Waals surface area contributed by atoms with Gasteiger partial charge in [0.1, 0.15) is 5.15 Å². The summed E-state index contributed by atoms with van der Waals surface area (Å²) in [6, 6.07) is 7.90. The van der Waals surface area contributed by atoms with Crippen LogP contribution in [0.1, 0.15) is 34.8 Å². The molecule has 108 valence electrons. The molecule has 0 saturated heterocycles. The van der Waals surface area contributed by atoms with Gasteiger partial charge >= 0.3 is 0 Å². The minimum Gasteiger partial charge on any atom is -0.369 e. The van der Waals surface area contributed by atoms with Crippen LogP contribution in [0.2, 0.25) is 5.15 Å². The number of nitrogens with zero attached hydrogens (tertiary/aromatic N) is 2. The first-order valence-electron chi connectivity index (χ1n) is 6.50. The van der Waals surface area contributed by atoms with Gasteiger partial charge in [-0.05, 0) is 12.5 Å². The van der Waals surface area contributed by atoms with Crippen molar-refractivity contribution >= 4 is 23.2 Å². The molecule has 1 aliphatic heterocycles. The van der Waals surface area contributed by atoms with Gasteiger partial charge in [-0.25, -0.2) is 9.37 Å². The lowest BCUT2D eigenvalue weighted by atomic mass is 10.1. The molecule has 0 aliphatic carbocycles. The number of hydrogen-bond acceptors (Lipinski definition) is 3. The number of carbonyl (C=O) groups is 1. The van der Waals surface area contributed by atoms with Crippen molar-refractivity contribution in [2.45, 2.75) is 19.6 Å². The Hall–Kier alpha value is -1.98. The van der Waals surface area contributed by atoms with Crippen molar-refractivity contribution in [2.24, 2.45) is 0 Å². The fourth-order valence-electron chi connectivity index (χ4n) is 2.48. The summed E-state index contributed by atoms with van der Waals surface area (Å²) < 4.78 is 14.4. The minimum atomic E-state index is -1.23. The molecule has 2 heterocycles. The monoisotopic (exact) mass is 306 g/mol. The first-order chi connectivity index (χ1) is 10.0. The lowest BCUT2D eigenvalue weighted by Gasteiger charge is -2.22. The number of hydrogen-bond donors (Lipinski definition) is 1. The van der Waals surface area contributed by atoms with Gasteiger partial charge < -0.3 is 5.11 Å². The molecular formula is C15H12ClFN2O2. The zero-order valence-electron chi connectivity index (χ0n) is 11.2. The number of aliphatic hydroxyl groups is 1. The number of anilines is 1. The number of rotatable bonds is 2. The molecule has 3 rings (SSSR count). The highest BCUT2D eigenvalue weighted by Gasteiger charge is 2.38. The van der Waals surface area contributed by atoms with Crippen LogP contribution >= 0.6 is 11.6 Å². The van der Waals surface area contributed by atoms with Gasteiger partial charge in [0.25, 0.3) is 5.91 Å². The molecule has 1 unspecified atom stereocenters. The van der Waals surface area contributed by atoms with Crippen LogP contribution in [0.25, 0.3) is 0 Å². The lowest BCUT2D eigenvalue weighted by molar-refractivity contribution is 0.0933. The summed E-state index contributed by atoms with van der Waals surface area (Å²) in [6.07, 6.45) is -0.892. The summed E-state index contributed by atoms with van der Waals surface area (Å²) in [7, 11) is 0. The Bertz CT molecular complexity index is 736. The average molecular weight is 307 g/mol. The fourth-order valence-corrected chi connectivity index (χ4v) is 2.69. The topological polar surface area (TPSA) is 53.4 Å². The number of aliphatic hydroxyl groups excluding tert-OH is 1. The van der Waals surface area contributed by atoms with E-state index in [0.29, 0.717) is 17.5 Å². The van der Waals surface area contributed by atoms with E-state index in [0.717, 1.165) is 4.90 Å². The van der Waals surface area contributed by atoms with Crippen molar-refractivity contribution in [3.8, 4) is 0 Å². The minimum absolute atomic E-state index is 0.0550. The summed E-state index contributed by atoms with van der Waals surface area (Å²) in [5.74, 6) is -1.09. The molecule has 0 radical (unpaired) electrons. The zero-order chi connectivity index (χ0) is 15.1. The van der Waals surface area contributed by atoms with Gasteiger partial charge in [0, 0.05) is 17.2 Å². The number of amides is 1. The molecule has 1 atom stereocenters. The van der Waals surface area contributed by atoms with E-state index in [1.165, 1.54) is 6.07 Å². The van der Waals surface area contributed by atoms with Crippen molar-refractivity contribution in [1.29, 1.82) is 0 Å². The number of aromatic nitrogens is 1. The van der Waals surface area contributed by atoms with E-state index >= 15 is 0 Å². The van der Waals surface area contributed by atoms with Crippen LogP contribution in [0.15, 0.2) is 30.3 Å².